The number of hydrogen-bond donors (Lipinski definition) is 1. The highest BCUT2D eigenvalue weighted by Crippen LogP contribution is 2.08. The summed E-state index contributed by atoms with van der Waals surface area (Å²) in [7, 11) is -3.06. The Kier molecular flexibility index (Phi) is 5.65. The van der Waals surface area contributed by atoms with Crippen LogP contribution >= 0.6 is 0 Å². The maximum absolute atomic E-state index is 10.9. The molecule has 0 aliphatic heterocycles. The summed E-state index contributed by atoms with van der Waals surface area (Å²) in [4.78, 5) is 0. The normalized spacial score (nSPS) is 13.5. The molecule has 17 heavy (non-hydrogen) atoms. The molecule has 0 fully saturated rings. The fourth-order valence-corrected chi connectivity index (χ4v) is 2.65. The van der Waals surface area contributed by atoms with Gasteiger partial charge in [0.25, 0.3) is 0 Å². The van der Waals surface area contributed by atoms with Crippen LogP contribution in [0.15, 0.2) is 30.3 Å². The van der Waals surface area contributed by atoms with Crippen molar-refractivity contribution < 1.29 is 13.5 Å². The predicted molar refractivity (Wildman–Crippen MR) is 69.7 cm³/mol. The second kappa shape index (κ2) is 6.77. The quantitative estimate of drug-likeness (QED) is 0.757. The SMILES string of the molecule is CS(=O)(=O)CC(O)CCCCc1ccccc1. The van der Waals surface area contributed by atoms with Gasteiger partial charge in [0.2, 0.25) is 0 Å². The van der Waals surface area contributed by atoms with Crippen LogP contribution in [0.5, 0.6) is 0 Å². The van der Waals surface area contributed by atoms with E-state index in [1.54, 1.807) is 0 Å². The third kappa shape index (κ3) is 7.13. The summed E-state index contributed by atoms with van der Waals surface area (Å²) in [5.41, 5.74) is 1.28. The third-order valence-electron chi connectivity index (χ3n) is 2.59. The van der Waals surface area contributed by atoms with Gasteiger partial charge in [-0.2, -0.15) is 0 Å². The summed E-state index contributed by atoms with van der Waals surface area (Å²) in [6.07, 6.45) is 3.80. The standard InChI is InChI=1S/C13H20O3S/c1-17(15,16)11-13(14)10-6-5-9-12-7-3-2-4-8-12/h2-4,7-8,13-14H,5-6,9-11H2,1H3. The number of rotatable bonds is 7. The Labute approximate surface area is 103 Å². The van der Waals surface area contributed by atoms with E-state index in [0.717, 1.165) is 25.5 Å². The van der Waals surface area contributed by atoms with Gasteiger partial charge in [-0.15, -0.1) is 0 Å². The molecular formula is C13H20O3S. The zero-order valence-corrected chi connectivity index (χ0v) is 11.0. The average molecular weight is 256 g/mol. The van der Waals surface area contributed by atoms with Gasteiger partial charge >= 0.3 is 0 Å². The van der Waals surface area contributed by atoms with Gasteiger partial charge in [0, 0.05) is 6.26 Å². The Bertz CT molecular complexity index is 412. The first-order chi connectivity index (χ1) is 7.97. The summed E-state index contributed by atoms with van der Waals surface area (Å²) in [5, 5.41) is 9.50. The number of hydrogen-bond acceptors (Lipinski definition) is 3. The minimum absolute atomic E-state index is 0.127. The van der Waals surface area contributed by atoms with Crippen molar-refractivity contribution in [1.29, 1.82) is 0 Å². The Hall–Kier alpha value is -0.870. The monoisotopic (exact) mass is 256 g/mol. The molecule has 0 heterocycles. The second-order valence-electron chi connectivity index (χ2n) is 4.48. The van der Waals surface area contributed by atoms with E-state index in [9.17, 15) is 13.5 Å². The first kappa shape index (κ1) is 14.2. The fourth-order valence-electron chi connectivity index (χ4n) is 1.79. The van der Waals surface area contributed by atoms with Crippen molar-refractivity contribution in [3.8, 4) is 0 Å². The third-order valence-corrected chi connectivity index (χ3v) is 3.58. The molecule has 0 bridgehead atoms. The summed E-state index contributed by atoms with van der Waals surface area (Å²) in [5.74, 6) is -0.127. The number of aliphatic hydroxyl groups is 1. The lowest BCUT2D eigenvalue weighted by molar-refractivity contribution is 0.183. The average Bonchev–Trinajstić information content (AvgIpc) is 2.23. The zero-order chi connectivity index (χ0) is 12.7. The first-order valence-electron chi connectivity index (χ1n) is 5.87. The van der Waals surface area contributed by atoms with Crippen LogP contribution in [0.25, 0.3) is 0 Å². The molecular weight excluding hydrogens is 236 g/mol. The molecule has 0 aliphatic rings. The van der Waals surface area contributed by atoms with Gasteiger partial charge in [0.05, 0.1) is 11.9 Å². The molecule has 0 saturated carbocycles. The van der Waals surface area contributed by atoms with E-state index in [4.69, 9.17) is 0 Å². The second-order valence-corrected chi connectivity index (χ2v) is 6.66. The minimum Gasteiger partial charge on any atom is -0.392 e. The van der Waals surface area contributed by atoms with Crippen LogP contribution in [0.1, 0.15) is 24.8 Å². The van der Waals surface area contributed by atoms with E-state index >= 15 is 0 Å². The van der Waals surface area contributed by atoms with E-state index in [2.05, 4.69) is 12.1 Å². The maximum Gasteiger partial charge on any atom is 0.149 e. The zero-order valence-electron chi connectivity index (χ0n) is 10.2. The van der Waals surface area contributed by atoms with Gasteiger partial charge in [0.15, 0.2) is 0 Å². The van der Waals surface area contributed by atoms with Gasteiger partial charge in [0.1, 0.15) is 9.84 Å². The number of aryl methyl sites for hydroxylation is 1. The predicted octanol–water partition coefficient (Wildman–Crippen LogP) is 1.80. The van der Waals surface area contributed by atoms with E-state index in [1.165, 1.54) is 5.56 Å². The van der Waals surface area contributed by atoms with Gasteiger partial charge in [-0.25, -0.2) is 8.42 Å². The molecule has 4 heteroatoms. The summed E-state index contributed by atoms with van der Waals surface area (Å²) < 4.78 is 21.9. The van der Waals surface area contributed by atoms with Crippen molar-refractivity contribution in [3.05, 3.63) is 35.9 Å². The summed E-state index contributed by atoms with van der Waals surface area (Å²) in [6.45, 7) is 0. The van der Waals surface area contributed by atoms with Crippen molar-refractivity contribution in [2.45, 2.75) is 31.8 Å². The van der Waals surface area contributed by atoms with Gasteiger partial charge in [-0.05, 0) is 24.8 Å². The molecule has 1 aromatic carbocycles. The van der Waals surface area contributed by atoms with Crippen molar-refractivity contribution in [3.63, 3.8) is 0 Å². The molecule has 0 aromatic heterocycles. The molecule has 0 amide bonds. The lowest BCUT2D eigenvalue weighted by Crippen LogP contribution is -2.19. The van der Waals surface area contributed by atoms with Crippen LogP contribution in [-0.4, -0.2) is 31.6 Å². The first-order valence-corrected chi connectivity index (χ1v) is 7.93. The molecule has 1 aromatic rings. The van der Waals surface area contributed by atoms with Crippen LogP contribution in [0, 0.1) is 0 Å². The minimum atomic E-state index is -3.06. The van der Waals surface area contributed by atoms with Crippen molar-refractivity contribution in [2.24, 2.45) is 0 Å². The molecule has 0 spiro atoms. The van der Waals surface area contributed by atoms with Gasteiger partial charge in [-0.1, -0.05) is 36.8 Å². The Morgan fingerprint density at radius 2 is 1.82 bits per heavy atom. The highest BCUT2D eigenvalue weighted by Gasteiger charge is 2.11. The van der Waals surface area contributed by atoms with Gasteiger partial charge < -0.3 is 5.11 Å². The van der Waals surface area contributed by atoms with Crippen LogP contribution < -0.4 is 0 Å². The summed E-state index contributed by atoms with van der Waals surface area (Å²) >= 11 is 0. The van der Waals surface area contributed by atoms with Crippen molar-refractivity contribution in [2.75, 3.05) is 12.0 Å². The van der Waals surface area contributed by atoms with E-state index in [-0.39, 0.29) is 5.75 Å². The Balaban J connectivity index is 2.16. The van der Waals surface area contributed by atoms with Crippen LogP contribution in [-0.2, 0) is 16.3 Å². The molecule has 0 aliphatic carbocycles. The van der Waals surface area contributed by atoms with Crippen LogP contribution in [0.3, 0.4) is 0 Å². The number of aliphatic hydroxyl groups excluding tert-OH is 1. The van der Waals surface area contributed by atoms with E-state index in [1.807, 2.05) is 18.2 Å². The highest BCUT2D eigenvalue weighted by molar-refractivity contribution is 7.90. The Morgan fingerprint density at radius 1 is 1.18 bits per heavy atom. The van der Waals surface area contributed by atoms with Crippen molar-refractivity contribution in [1.82, 2.24) is 0 Å². The van der Waals surface area contributed by atoms with E-state index in [0.29, 0.717) is 6.42 Å². The van der Waals surface area contributed by atoms with E-state index < -0.39 is 15.9 Å². The maximum atomic E-state index is 10.9. The molecule has 1 N–H and O–H groups in total. The van der Waals surface area contributed by atoms with Crippen LogP contribution in [0.2, 0.25) is 0 Å². The molecule has 1 unspecified atom stereocenters. The Morgan fingerprint density at radius 3 is 2.41 bits per heavy atom. The number of unbranched alkanes of at least 4 members (excludes halogenated alkanes) is 1. The number of benzene rings is 1. The molecule has 1 atom stereocenters. The molecule has 0 radical (unpaired) electrons. The molecule has 0 saturated heterocycles. The lowest BCUT2D eigenvalue weighted by Gasteiger charge is -2.08. The molecule has 1 rings (SSSR count). The largest absolute Gasteiger partial charge is 0.392 e. The highest BCUT2D eigenvalue weighted by atomic mass is 32.2. The lowest BCUT2D eigenvalue weighted by atomic mass is 10.1. The summed E-state index contributed by atoms with van der Waals surface area (Å²) in [6, 6.07) is 10.2. The van der Waals surface area contributed by atoms with Crippen molar-refractivity contribution >= 4 is 9.84 Å². The number of sulfone groups is 1. The smallest absolute Gasteiger partial charge is 0.149 e. The van der Waals surface area contributed by atoms with Gasteiger partial charge in [-0.3, -0.25) is 0 Å². The molecule has 3 nitrogen and oxygen atoms in total. The molecule has 96 valence electrons. The topological polar surface area (TPSA) is 54.4 Å². The fraction of sp³-hybridized carbons (Fsp3) is 0.538. The van der Waals surface area contributed by atoms with Crippen LogP contribution in [0.4, 0.5) is 0 Å².